The van der Waals surface area contributed by atoms with E-state index in [9.17, 15) is 23.9 Å². The normalized spacial score (nSPS) is 13.9. The summed E-state index contributed by atoms with van der Waals surface area (Å²) in [5.41, 5.74) is -1.53. The molecule has 0 spiro atoms. The molecule has 0 aliphatic carbocycles. The molecule has 0 radical (unpaired) electrons. The Balaban J connectivity index is 2.65. The third-order valence-corrected chi connectivity index (χ3v) is 6.13. The van der Waals surface area contributed by atoms with Gasteiger partial charge in [0.05, 0.1) is 31.5 Å². The van der Waals surface area contributed by atoms with Crippen molar-refractivity contribution in [2.75, 3.05) is 7.11 Å². The van der Waals surface area contributed by atoms with E-state index in [4.69, 9.17) is 9.57 Å². The first-order valence-corrected chi connectivity index (χ1v) is 12.9. The smallest absolute Gasteiger partial charge is 0.331 e. The average molecular weight is 549 g/mol. The van der Waals surface area contributed by atoms with Crippen molar-refractivity contribution in [2.45, 2.75) is 86.7 Å². The Morgan fingerprint density at radius 3 is 2.33 bits per heavy atom. The first-order valence-electron chi connectivity index (χ1n) is 12.9. The predicted molar refractivity (Wildman–Crippen MR) is 148 cm³/mol. The van der Waals surface area contributed by atoms with Crippen molar-refractivity contribution < 1.29 is 23.9 Å². The summed E-state index contributed by atoms with van der Waals surface area (Å²) in [6, 6.07) is 3.18. The fraction of sp³-hybridized carbons (Fsp3) is 0.571. The largest absolute Gasteiger partial charge is 0.496 e. The van der Waals surface area contributed by atoms with Crippen LogP contribution in [0.15, 0.2) is 39.1 Å². The van der Waals surface area contributed by atoms with Gasteiger partial charge in [-0.25, -0.2) is 9.18 Å². The molecular weight excluding hydrogens is 507 g/mol. The monoisotopic (exact) mass is 548 g/mol. The summed E-state index contributed by atoms with van der Waals surface area (Å²) in [4.78, 5) is 45.2. The first-order chi connectivity index (χ1) is 18.1. The van der Waals surface area contributed by atoms with Gasteiger partial charge >= 0.3 is 5.69 Å². The molecule has 2 unspecified atom stereocenters. The van der Waals surface area contributed by atoms with Gasteiger partial charge in [-0.05, 0) is 44.9 Å². The number of carbonyl (C=O) groups is 1. The molecule has 1 aromatic heterocycles. The number of hydrogen-bond acceptors (Lipinski definition) is 7. The standard InChI is InChI=1S/C28H41FN4O6/c1-16(2)22(30-26(36)28(6,7)8)14-33-25(35)21(18(5)31-39-17(3)4)13-32(27(33)37)15-23(34)20-12-19(29)10-11-24(20)38-9/h10-13,16-17,22-23,34H,14-15H2,1-9H3,(H,30,36)/b31-18+. The van der Waals surface area contributed by atoms with E-state index in [0.29, 0.717) is 0 Å². The molecule has 216 valence electrons. The number of aromatic nitrogens is 2. The molecule has 2 rings (SSSR count). The molecule has 1 amide bonds. The molecule has 11 heteroatoms. The maximum absolute atomic E-state index is 14.0. The van der Waals surface area contributed by atoms with E-state index >= 15 is 0 Å². The molecule has 0 saturated heterocycles. The summed E-state index contributed by atoms with van der Waals surface area (Å²) in [6.07, 6.45) is -0.275. The van der Waals surface area contributed by atoms with Gasteiger partial charge in [-0.15, -0.1) is 0 Å². The van der Waals surface area contributed by atoms with E-state index < -0.39 is 34.6 Å². The van der Waals surface area contributed by atoms with E-state index in [-0.39, 0.29) is 53.6 Å². The van der Waals surface area contributed by atoms with Crippen LogP contribution in [0.5, 0.6) is 5.75 Å². The summed E-state index contributed by atoms with van der Waals surface area (Å²) < 4.78 is 21.4. The summed E-state index contributed by atoms with van der Waals surface area (Å²) in [6.45, 7) is 13.8. The number of halogens is 1. The van der Waals surface area contributed by atoms with Crippen molar-refractivity contribution in [3.05, 3.63) is 62.2 Å². The van der Waals surface area contributed by atoms with Crippen molar-refractivity contribution in [1.82, 2.24) is 14.5 Å². The Morgan fingerprint density at radius 1 is 1.15 bits per heavy atom. The van der Waals surface area contributed by atoms with E-state index in [2.05, 4.69) is 10.5 Å². The highest BCUT2D eigenvalue weighted by atomic mass is 19.1. The van der Waals surface area contributed by atoms with E-state index in [1.165, 1.54) is 30.0 Å². The number of oxime groups is 1. The van der Waals surface area contributed by atoms with Crippen LogP contribution >= 0.6 is 0 Å². The van der Waals surface area contributed by atoms with Gasteiger partial charge in [0.1, 0.15) is 23.8 Å². The Morgan fingerprint density at radius 2 is 1.79 bits per heavy atom. The van der Waals surface area contributed by atoms with Crippen LogP contribution in [0, 0.1) is 17.2 Å². The molecule has 39 heavy (non-hydrogen) atoms. The highest BCUT2D eigenvalue weighted by Gasteiger charge is 2.27. The summed E-state index contributed by atoms with van der Waals surface area (Å²) in [5.74, 6) is -0.660. The van der Waals surface area contributed by atoms with Gasteiger partial charge in [0.15, 0.2) is 0 Å². The van der Waals surface area contributed by atoms with Crippen LogP contribution in [0.1, 0.15) is 72.6 Å². The zero-order valence-corrected chi connectivity index (χ0v) is 24.2. The third kappa shape index (κ3) is 8.26. The number of aliphatic hydroxyl groups is 1. The Hall–Kier alpha value is -3.47. The van der Waals surface area contributed by atoms with Crippen LogP contribution in [0.2, 0.25) is 0 Å². The highest BCUT2D eigenvalue weighted by molar-refractivity contribution is 5.97. The second-order valence-corrected chi connectivity index (χ2v) is 11.2. The van der Waals surface area contributed by atoms with Gasteiger partial charge in [0, 0.05) is 23.2 Å². The van der Waals surface area contributed by atoms with Gasteiger partial charge in [-0.3, -0.25) is 18.7 Å². The van der Waals surface area contributed by atoms with Crippen LogP contribution < -0.4 is 21.3 Å². The van der Waals surface area contributed by atoms with Crippen LogP contribution in [-0.4, -0.2) is 45.1 Å². The number of aliphatic hydroxyl groups excluding tert-OH is 1. The van der Waals surface area contributed by atoms with Gasteiger partial charge in [-0.1, -0.05) is 39.8 Å². The number of ether oxygens (including phenoxy) is 1. The van der Waals surface area contributed by atoms with Crippen LogP contribution in [-0.2, 0) is 22.7 Å². The molecule has 2 atom stereocenters. The maximum Gasteiger partial charge on any atom is 0.331 e. The number of benzene rings is 1. The fourth-order valence-electron chi connectivity index (χ4n) is 3.68. The maximum atomic E-state index is 14.0. The lowest BCUT2D eigenvalue weighted by Gasteiger charge is -2.27. The lowest BCUT2D eigenvalue weighted by molar-refractivity contribution is -0.129. The topological polar surface area (TPSA) is 124 Å². The van der Waals surface area contributed by atoms with Gasteiger partial charge in [-0.2, -0.15) is 0 Å². The molecule has 0 aliphatic heterocycles. The van der Waals surface area contributed by atoms with Gasteiger partial charge in [0.25, 0.3) is 5.56 Å². The minimum absolute atomic E-state index is 0.0818. The molecule has 10 nitrogen and oxygen atoms in total. The minimum Gasteiger partial charge on any atom is -0.496 e. The second kappa shape index (κ2) is 13.1. The molecular formula is C28H41FN4O6. The van der Waals surface area contributed by atoms with Crippen molar-refractivity contribution in [1.29, 1.82) is 0 Å². The number of rotatable bonds is 11. The molecule has 1 heterocycles. The third-order valence-electron chi connectivity index (χ3n) is 6.13. The van der Waals surface area contributed by atoms with Crippen molar-refractivity contribution in [3.8, 4) is 5.75 Å². The van der Waals surface area contributed by atoms with Crippen LogP contribution in [0.3, 0.4) is 0 Å². The highest BCUT2D eigenvalue weighted by Crippen LogP contribution is 2.27. The van der Waals surface area contributed by atoms with Crippen LogP contribution in [0.25, 0.3) is 0 Å². The minimum atomic E-state index is -1.34. The summed E-state index contributed by atoms with van der Waals surface area (Å²) in [7, 11) is 1.39. The number of methoxy groups -OCH3 is 1. The summed E-state index contributed by atoms with van der Waals surface area (Å²) >= 11 is 0. The molecule has 0 saturated carbocycles. The second-order valence-electron chi connectivity index (χ2n) is 11.2. The molecule has 2 aromatic rings. The van der Waals surface area contributed by atoms with Crippen molar-refractivity contribution >= 4 is 11.6 Å². The van der Waals surface area contributed by atoms with Crippen LogP contribution in [0.4, 0.5) is 4.39 Å². The number of hydrogen-bond donors (Lipinski definition) is 2. The van der Waals surface area contributed by atoms with Crippen molar-refractivity contribution in [2.24, 2.45) is 16.5 Å². The Kier molecular flexibility index (Phi) is 10.6. The molecule has 1 aromatic carbocycles. The zero-order chi connectivity index (χ0) is 29.7. The average Bonchev–Trinajstić information content (AvgIpc) is 2.84. The van der Waals surface area contributed by atoms with E-state index in [1.54, 1.807) is 41.5 Å². The van der Waals surface area contributed by atoms with E-state index in [0.717, 1.165) is 10.6 Å². The number of carbonyl (C=O) groups excluding carboxylic acids is 1. The molecule has 2 N–H and O–H groups in total. The van der Waals surface area contributed by atoms with E-state index in [1.807, 2.05) is 13.8 Å². The number of nitrogens with zero attached hydrogens (tertiary/aromatic N) is 3. The molecule has 0 fully saturated rings. The Bertz CT molecular complexity index is 1310. The van der Waals surface area contributed by atoms with Crippen molar-refractivity contribution in [3.63, 3.8) is 0 Å². The lowest BCUT2D eigenvalue weighted by atomic mass is 9.94. The summed E-state index contributed by atoms with van der Waals surface area (Å²) in [5, 5.41) is 17.9. The fourth-order valence-corrected chi connectivity index (χ4v) is 3.68. The van der Waals surface area contributed by atoms with Gasteiger partial charge < -0.3 is 20.0 Å². The number of amides is 1. The van der Waals surface area contributed by atoms with Gasteiger partial charge in [0.2, 0.25) is 5.91 Å². The number of nitrogens with one attached hydrogen (secondary N) is 1. The first kappa shape index (κ1) is 31.7. The predicted octanol–water partition coefficient (Wildman–Crippen LogP) is 3.23. The Labute approximate surface area is 228 Å². The SMILES string of the molecule is COc1ccc(F)cc1C(O)Cn1cc(/C(C)=N/OC(C)C)c(=O)n(CC(NC(=O)C(C)(C)C)C(C)C)c1=O. The molecule has 0 aliphatic rings. The zero-order valence-electron chi connectivity index (χ0n) is 24.2. The quantitative estimate of drug-likeness (QED) is 0.328. The lowest BCUT2D eigenvalue weighted by Crippen LogP contribution is -2.51. The molecule has 0 bridgehead atoms.